The van der Waals surface area contributed by atoms with Crippen LogP contribution in [0.4, 0.5) is 4.39 Å². The van der Waals surface area contributed by atoms with E-state index in [1.165, 1.54) is 12.1 Å². The van der Waals surface area contributed by atoms with Gasteiger partial charge < -0.3 is 20.5 Å². The molecule has 2 aromatic carbocycles. The average Bonchev–Trinajstić information content (AvgIpc) is 2.66. The van der Waals surface area contributed by atoms with Crippen LogP contribution in [0.1, 0.15) is 24.2 Å². The smallest absolute Gasteiger partial charge is 0.191 e. The predicted octanol–water partition coefficient (Wildman–Crippen LogP) is 3.28. The van der Waals surface area contributed by atoms with Gasteiger partial charge in [-0.25, -0.2) is 4.39 Å². The van der Waals surface area contributed by atoms with Gasteiger partial charge in [0, 0.05) is 13.1 Å². The second kappa shape index (κ2) is 12.5. The number of methoxy groups -OCH3 is 1. The first-order valence-corrected chi connectivity index (χ1v) is 8.71. The Labute approximate surface area is 177 Å². The van der Waals surface area contributed by atoms with Gasteiger partial charge in [-0.05, 0) is 42.7 Å². The highest BCUT2D eigenvalue weighted by atomic mass is 127. The van der Waals surface area contributed by atoms with Gasteiger partial charge in [-0.2, -0.15) is 0 Å². The van der Waals surface area contributed by atoms with Crippen LogP contribution in [-0.2, 0) is 6.42 Å². The van der Waals surface area contributed by atoms with Crippen molar-refractivity contribution < 1.29 is 14.2 Å². The second-order valence-corrected chi connectivity index (χ2v) is 5.78. The molecule has 148 valence electrons. The molecule has 0 radical (unpaired) electrons. The molecule has 2 aromatic rings. The van der Waals surface area contributed by atoms with Crippen LogP contribution in [0.2, 0.25) is 0 Å². The van der Waals surface area contributed by atoms with E-state index in [1.54, 1.807) is 19.2 Å². The summed E-state index contributed by atoms with van der Waals surface area (Å²) in [4.78, 5) is 4.41. The predicted molar refractivity (Wildman–Crippen MR) is 117 cm³/mol. The van der Waals surface area contributed by atoms with Gasteiger partial charge in [0.1, 0.15) is 11.6 Å². The highest BCUT2D eigenvalue weighted by Gasteiger charge is 2.08. The third-order valence-corrected chi connectivity index (χ3v) is 3.90. The minimum absolute atomic E-state index is 0. The molecule has 0 bridgehead atoms. The first-order valence-electron chi connectivity index (χ1n) is 8.71. The monoisotopic (exact) mass is 487 g/mol. The summed E-state index contributed by atoms with van der Waals surface area (Å²) in [5.74, 6) is 1.17. The molecule has 0 amide bonds. The van der Waals surface area contributed by atoms with Gasteiger partial charge in [0.2, 0.25) is 0 Å². The number of aliphatic hydroxyl groups excluding tert-OH is 1. The Morgan fingerprint density at radius 3 is 2.52 bits per heavy atom. The van der Waals surface area contributed by atoms with Gasteiger partial charge in [-0.15, -0.1) is 24.0 Å². The third-order valence-electron chi connectivity index (χ3n) is 3.90. The van der Waals surface area contributed by atoms with E-state index in [9.17, 15) is 9.50 Å². The number of para-hydroxylation sites is 1. The van der Waals surface area contributed by atoms with E-state index in [0.29, 0.717) is 24.6 Å². The number of guanidine groups is 1. The summed E-state index contributed by atoms with van der Waals surface area (Å²) in [5.41, 5.74) is 1.75. The SMILES string of the molecule is CCNC(=NCC(O)c1ccc(F)cc1)NCCc1ccccc1OC.I. The minimum Gasteiger partial charge on any atom is -0.496 e. The van der Waals surface area contributed by atoms with Gasteiger partial charge in [-0.1, -0.05) is 30.3 Å². The van der Waals surface area contributed by atoms with Crippen molar-refractivity contribution in [1.82, 2.24) is 10.6 Å². The molecule has 0 saturated heterocycles. The van der Waals surface area contributed by atoms with Crippen LogP contribution in [0.15, 0.2) is 53.5 Å². The summed E-state index contributed by atoms with van der Waals surface area (Å²) in [7, 11) is 1.66. The van der Waals surface area contributed by atoms with Gasteiger partial charge in [0.15, 0.2) is 5.96 Å². The van der Waals surface area contributed by atoms with Crippen LogP contribution >= 0.6 is 24.0 Å². The Morgan fingerprint density at radius 2 is 1.85 bits per heavy atom. The molecule has 7 heteroatoms. The summed E-state index contributed by atoms with van der Waals surface area (Å²) in [5, 5.41) is 16.6. The van der Waals surface area contributed by atoms with Crippen molar-refractivity contribution in [3.05, 3.63) is 65.5 Å². The summed E-state index contributed by atoms with van der Waals surface area (Å²) < 4.78 is 18.3. The Morgan fingerprint density at radius 1 is 1.15 bits per heavy atom. The number of halogens is 2. The van der Waals surface area contributed by atoms with Crippen LogP contribution < -0.4 is 15.4 Å². The maximum absolute atomic E-state index is 13.0. The molecular weight excluding hydrogens is 460 g/mol. The van der Waals surface area contributed by atoms with Gasteiger partial charge in [0.05, 0.1) is 19.8 Å². The highest BCUT2D eigenvalue weighted by Crippen LogP contribution is 2.17. The summed E-state index contributed by atoms with van der Waals surface area (Å²) in [6.45, 7) is 3.56. The number of hydrogen-bond donors (Lipinski definition) is 3. The number of aliphatic imine (C=N–C) groups is 1. The topological polar surface area (TPSA) is 65.9 Å². The first-order chi connectivity index (χ1) is 12.6. The molecule has 0 saturated carbocycles. The maximum Gasteiger partial charge on any atom is 0.191 e. The molecule has 2 rings (SSSR count). The molecule has 1 unspecified atom stereocenters. The van der Waals surface area contributed by atoms with E-state index in [-0.39, 0.29) is 36.3 Å². The number of hydrogen-bond acceptors (Lipinski definition) is 3. The minimum atomic E-state index is -0.778. The molecule has 0 aliphatic carbocycles. The van der Waals surface area contributed by atoms with Crippen molar-refractivity contribution in [2.75, 3.05) is 26.7 Å². The quantitative estimate of drug-likeness (QED) is 0.304. The van der Waals surface area contributed by atoms with Crippen molar-refractivity contribution in [3.63, 3.8) is 0 Å². The van der Waals surface area contributed by atoms with E-state index < -0.39 is 6.10 Å². The number of ether oxygens (including phenoxy) is 1. The largest absolute Gasteiger partial charge is 0.496 e. The molecular formula is C20H27FIN3O2. The number of rotatable bonds is 8. The Kier molecular flexibility index (Phi) is 10.7. The Bertz CT molecular complexity index is 711. The molecule has 0 aliphatic heterocycles. The average molecular weight is 487 g/mol. The van der Waals surface area contributed by atoms with Crippen LogP contribution in [0.3, 0.4) is 0 Å². The van der Waals surface area contributed by atoms with Crippen molar-refractivity contribution in [2.24, 2.45) is 4.99 Å². The zero-order valence-electron chi connectivity index (χ0n) is 15.6. The normalized spacial score (nSPS) is 12.1. The van der Waals surface area contributed by atoms with Crippen molar-refractivity contribution in [3.8, 4) is 5.75 Å². The summed E-state index contributed by atoms with van der Waals surface area (Å²) >= 11 is 0. The standard InChI is InChI=1S/C20H26FN3O2.HI/c1-3-22-20(23-13-12-16-6-4-5-7-19(16)26-2)24-14-18(25)15-8-10-17(21)11-9-15;/h4-11,18,25H,3,12-14H2,1-2H3,(H2,22,23,24);1H. The molecule has 0 spiro atoms. The number of benzene rings is 2. The lowest BCUT2D eigenvalue weighted by atomic mass is 10.1. The molecule has 5 nitrogen and oxygen atoms in total. The lowest BCUT2D eigenvalue weighted by Gasteiger charge is -2.14. The third kappa shape index (κ3) is 7.72. The van der Waals surface area contributed by atoms with Crippen LogP contribution in [0.5, 0.6) is 5.75 Å². The van der Waals surface area contributed by atoms with Crippen LogP contribution in [0, 0.1) is 5.82 Å². The highest BCUT2D eigenvalue weighted by molar-refractivity contribution is 14.0. The van der Waals surface area contributed by atoms with E-state index in [2.05, 4.69) is 15.6 Å². The molecule has 27 heavy (non-hydrogen) atoms. The van der Waals surface area contributed by atoms with Gasteiger partial charge >= 0.3 is 0 Å². The number of nitrogens with one attached hydrogen (secondary N) is 2. The Balaban J connectivity index is 0.00000364. The Hall–Kier alpha value is -1.87. The summed E-state index contributed by atoms with van der Waals surface area (Å²) in [6.07, 6.45) is 0.00913. The van der Waals surface area contributed by atoms with E-state index in [4.69, 9.17) is 4.74 Å². The summed E-state index contributed by atoms with van der Waals surface area (Å²) in [6, 6.07) is 13.7. The van der Waals surface area contributed by atoms with Gasteiger partial charge in [-0.3, -0.25) is 4.99 Å². The molecule has 1 atom stereocenters. The number of aliphatic hydroxyl groups is 1. The fourth-order valence-electron chi connectivity index (χ4n) is 2.53. The lowest BCUT2D eigenvalue weighted by Crippen LogP contribution is -2.38. The van der Waals surface area contributed by atoms with Crippen molar-refractivity contribution >= 4 is 29.9 Å². The molecule has 0 fully saturated rings. The fourth-order valence-corrected chi connectivity index (χ4v) is 2.53. The van der Waals surface area contributed by atoms with Crippen molar-refractivity contribution in [2.45, 2.75) is 19.4 Å². The zero-order chi connectivity index (χ0) is 18.8. The first kappa shape index (κ1) is 23.2. The van der Waals surface area contributed by atoms with E-state index in [1.807, 2.05) is 31.2 Å². The number of nitrogens with zero attached hydrogens (tertiary/aromatic N) is 1. The molecule has 0 heterocycles. The lowest BCUT2D eigenvalue weighted by molar-refractivity contribution is 0.187. The second-order valence-electron chi connectivity index (χ2n) is 5.78. The fraction of sp³-hybridized carbons (Fsp3) is 0.350. The van der Waals surface area contributed by atoms with Gasteiger partial charge in [0.25, 0.3) is 0 Å². The van der Waals surface area contributed by atoms with Crippen LogP contribution in [0.25, 0.3) is 0 Å². The molecule has 3 N–H and O–H groups in total. The van der Waals surface area contributed by atoms with Crippen LogP contribution in [-0.4, -0.2) is 37.8 Å². The van der Waals surface area contributed by atoms with E-state index >= 15 is 0 Å². The molecule has 0 aromatic heterocycles. The maximum atomic E-state index is 13.0. The van der Waals surface area contributed by atoms with E-state index in [0.717, 1.165) is 17.7 Å². The van der Waals surface area contributed by atoms with Crippen molar-refractivity contribution in [1.29, 1.82) is 0 Å². The molecule has 0 aliphatic rings. The zero-order valence-corrected chi connectivity index (χ0v) is 17.9.